The number of anilines is 1. The summed E-state index contributed by atoms with van der Waals surface area (Å²) in [4.78, 5) is 20.3. The van der Waals surface area contributed by atoms with E-state index in [1.807, 2.05) is 22.9 Å². The van der Waals surface area contributed by atoms with E-state index in [0.29, 0.717) is 16.9 Å². The van der Waals surface area contributed by atoms with Gasteiger partial charge in [-0.1, -0.05) is 77.0 Å². The van der Waals surface area contributed by atoms with Gasteiger partial charge in [0.15, 0.2) is 0 Å². The molecule has 56 heavy (non-hydrogen) atoms. The molecule has 290 valence electrons. The van der Waals surface area contributed by atoms with E-state index in [9.17, 15) is 13.2 Å². The lowest BCUT2D eigenvalue weighted by Crippen LogP contribution is -2.37. The van der Waals surface area contributed by atoms with Gasteiger partial charge >= 0.3 is 12.1 Å². The fourth-order valence-electron chi connectivity index (χ4n) is 8.96. The number of carbonyl (C=O) groups is 1. The highest BCUT2D eigenvalue weighted by Crippen LogP contribution is 2.47. The van der Waals surface area contributed by atoms with E-state index in [0.717, 1.165) is 86.9 Å². The predicted octanol–water partition coefficient (Wildman–Crippen LogP) is 9.21. The molecule has 13 heteroatoms. The first kappa shape index (κ1) is 37.7. The second-order valence-corrected chi connectivity index (χ2v) is 15.6. The van der Waals surface area contributed by atoms with Crippen LogP contribution in [-0.2, 0) is 30.6 Å². The Kier molecular flexibility index (Phi) is 10.6. The Morgan fingerprint density at radius 2 is 1.77 bits per heavy atom. The van der Waals surface area contributed by atoms with Gasteiger partial charge in [-0.25, -0.2) is 4.79 Å². The molecule has 0 spiro atoms. The minimum atomic E-state index is -5.08. The van der Waals surface area contributed by atoms with Crippen LogP contribution in [0.5, 0.6) is 0 Å². The van der Waals surface area contributed by atoms with E-state index in [1.165, 1.54) is 45.4 Å². The number of alkyl halides is 3. The fourth-order valence-corrected chi connectivity index (χ4v) is 9.13. The van der Waals surface area contributed by atoms with Gasteiger partial charge in [-0.05, 0) is 92.2 Å². The van der Waals surface area contributed by atoms with E-state index in [4.69, 9.17) is 32.2 Å². The maximum Gasteiger partial charge on any atom is 0.490 e. The van der Waals surface area contributed by atoms with E-state index < -0.39 is 12.1 Å². The standard InChI is InChI=1S/C41H42ClN7.C2HF3O2/c42-30-13-14-34-36(24-30)44-37-23-27-20-26(21-29(22-27)38(37)39(34)43)8-6-7-17-49-25-31(46-47-49)15-18-48-19-16-33-32-11-4-5-12-35(32)45-40(33)41(48)28-9-2-1-3-10-28;3-2(4,5)1(6)7/h1-5,9-14,20,24-25,27,29,41,45H,6-8,15-19,21-23H2,(H2,43,44);(H,6,7). The number of H-pyrrole nitrogens is 1. The van der Waals surface area contributed by atoms with Crippen molar-refractivity contribution in [2.75, 3.05) is 18.8 Å². The van der Waals surface area contributed by atoms with Gasteiger partial charge in [0.25, 0.3) is 0 Å². The molecule has 6 aromatic rings. The highest BCUT2D eigenvalue weighted by atomic mass is 35.5. The van der Waals surface area contributed by atoms with Crippen LogP contribution in [0, 0.1) is 5.92 Å². The number of nitrogens with zero attached hydrogens (tertiary/aromatic N) is 5. The molecule has 3 aromatic carbocycles. The van der Waals surface area contributed by atoms with Crippen molar-refractivity contribution in [3.05, 3.63) is 129 Å². The van der Waals surface area contributed by atoms with E-state index in [-0.39, 0.29) is 6.04 Å². The van der Waals surface area contributed by atoms with E-state index >= 15 is 0 Å². The Labute approximate surface area is 327 Å². The van der Waals surface area contributed by atoms with Gasteiger partial charge in [0, 0.05) is 76.2 Å². The topological polar surface area (TPSA) is 126 Å². The number of halogens is 4. The molecule has 3 atom stereocenters. The quantitative estimate of drug-likeness (QED) is 0.0987. The van der Waals surface area contributed by atoms with Crippen LogP contribution >= 0.6 is 11.6 Å². The summed E-state index contributed by atoms with van der Waals surface area (Å²) in [7, 11) is 0. The molecule has 4 heterocycles. The third-order valence-corrected chi connectivity index (χ3v) is 11.6. The first-order valence-electron chi connectivity index (χ1n) is 19.2. The van der Waals surface area contributed by atoms with Gasteiger partial charge in [0.1, 0.15) is 0 Å². The monoisotopic (exact) mass is 781 g/mol. The van der Waals surface area contributed by atoms with E-state index in [1.54, 1.807) is 5.57 Å². The molecule has 0 saturated carbocycles. The minimum Gasteiger partial charge on any atom is -0.475 e. The Balaban J connectivity index is 0.000000579. The number of unbranched alkanes of at least 4 members (excludes halogenated alkanes) is 1. The number of benzene rings is 3. The third-order valence-electron chi connectivity index (χ3n) is 11.4. The second-order valence-electron chi connectivity index (χ2n) is 15.1. The van der Waals surface area contributed by atoms with Gasteiger partial charge in [-0.15, -0.1) is 5.10 Å². The lowest BCUT2D eigenvalue weighted by atomic mass is 9.70. The molecule has 9 nitrogen and oxygen atoms in total. The van der Waals surface area contributed by atoms with Crippen molar-refractivity contribution >= 4 is 45.1 Å². The van der Waals surface area contributed by atoms with Crippen molar-refractivity contribution in [3.8, 4) is 0 Å². The minimum absolute atomic E-state index is 0.209. The van der Waals surface area contributed by atoms with Crippen molar-refractivity contribution in [1.82, 2.24) is 29.9 Å². The molecular formula is C43H43ClF3N7O2. The van der Waals surface area contributed by atoms with Crippen molar-refractivity contribution in [2.24, 2.45) is 5.92 Å². The van der Waals surface area contributed by atoms with Crippen LogP contribution in [0.25, 0.3) is 21.8 Å². The summed E-state index contributed by atoms with van der Waals surface area (Å²) in [6, 6.07) is 25.7. The van der Waals surface area contributed by atoms with Crippen LogP contribution in [0.3, 0.4) is 0 Å². The molecule has 0 saturated heterocycles. The molecule has 0 fully saturated rings. The number of pyridine rings is 1. The lowest BCUT2D eigenvalue weighted by Gasteiger charge is -2.36. The number of nitrogens with two attached hydrogens (primary N) is 1. The average Bonchev–Trinajstić information content (AvgIpc) is 3.79. The number of para-hydroxylation sites is 1. The molecule has 3 unspecified atom stereocenters. The average molecular weight is 782 g/mol. The molecule has 0 amide bonds. The zero-order valence-electron chi connectivity index (χ0n) is 30.8. The Morgan fingerprint density at radius 3 is 2.57 bits per heavy atom. The number of aliphatic carboxylic acids is 1. The SMILES string of the molecule is Nc1c2c(nc3cc(Cl)ccc13)CC1C=C(CCCCn3cc(CCN4CCc5c([nH]c6ccccc56)C4c4ccccc4)nn3)CC2C1.O=C(O)C(F)(F)F. The van der Waals surface area contributed by atoms with Crippen LogP contribution in [0.2, 0.25) is 5.02 Å². The van der Waals surface area contributed by atoms with Crippen LogP contribution < -0.4 is 5.73 Å². The predicted molar refractivity (Wildman–Crippen MR) is 212 cm³/mol. The first-order chi connectivity index (χ1) is 27.0. The third kappa shape index (κ3) is 7.90. The molecule has 4 N–H and O–H groups in total. The molecular weight excluding hydrogens is 739 g/mol. The number of carboxylic acids is 1. The summed E-state index contributed by atoms with van der Waals surface area (Å²) in [5, 5.41) is 19.3. The summed E-state index contributed by atoms with van der Waals surface area (Å²) in [6.45, 7) is 2.87. The maximum atomic E-state index is 10.6. The first-order valence-corrected chi connectivity index (χ1v) is 19.5. The van der Waals surface area contributed by atoms with Gasteiger partial charge in [0.05, 0.1) is 17.3 Å². The van der Waals surface area contributed by atoms with Crippen LogP contribution in [0.15, 0.2) is 90.6 Å². The van der Waals surface area contributed by atoms with Crippen LogP contribution in [0.1, 0.15) is 77.8 Å². The summed E-state index contributed by atoms with van der Waals surface area (Å²) in [6.07, 6.45) is 8.15. The number of hydrogen-bond acceptors (Lipinski definition) is 6. The Bertz CT molecular complexity index is 2410. The van der Waals surface area contributed by atoms with Crippen molar-refractivity contribution in [1.29, 1.82) is 0 Å². The van der Waals surface area contributed by atoms with Gasteiger partial charge in [0.2, 0.25) is 0 Å². The molecule has 2 aliphatic carbocycles. The van der Waals surface area contributed by atoms with Crippen molar-refractivity contribution < 1.29 is 23.1 Å². The van der Waals surface area contributed by atoms with Crippen LogP contribution in [-0.4, -0.2) is 60.2 Å². The highest BCUT2D eigenvalue weighted by Gasteiger charge is 2.38. The normalized spacial score (nSPS) is 19.2. The summed E-state index contributed by atoms with van der Waals surface area (Å²) < 4.78 is 33.8. The molecule has 9 rings (SSSR count). The number of carboxylic acid groups (broad SMARTS) is 1. The van der Waals surface area contributed by atoms with Gasteiger partial charge in [-0.2, -0.15) is 13.2 Å². The van der Waals surface area contributed by atoms with Crippen LogP contribution in [0.4, 0.5) is 18.9 Å². The smallest absolute Gasteiger partial charge is 0.475 e. The molecule has 1 aliphatic heterocycles. The van der Waals surface area contributed by atoms with Crippen molar-refractivity contribution in [3.63, 3.8) is 0 Å². The molecule has 3 aliphatic rings. The number of rotatable bonds is 9. The number of hydrogen-bond donors (Lipinski definition) is 3. The fraction of sp³-hybridized carbons (Fsp3) is 0.349. The van der Waals surface area contributed by atoms with E-state index in [2.05, 4.69) is 87.1 Å². The molecule has 0 radical (unpaired) electrons. The highest BCUT2D eigenvalue weighted by molar-refractivity contribution is 6.31. The largest absolute Gasteiger partial charge is 0.490 e. The molecule has 3 aromatic heterocycles. The zero-order chi connectivity index (χ0) is 39.0. The van der Waals surface area contributed by atoms with Crippen molar-refractivity contribution in [2.45, 2.75) is 76.0 Å². The summed E-state index contributed by atoms with van der Waals surface area (Å²) >= 11 is 6.26. The summed E-state index contributed by atoms with van der Waals surface area (Å²) in [5.74, 6) is -1.75. The lowest BCUT2D eigenvalue weighted by molar-refractivity contribution is -0.192. The second kappa shape index (κ2) is 15.7. The number of aryl methyl sites for hydroxylation is 1. The maximum absolute atomic E-state index is 10.6. The number of aromatic nitrogens is 5. The number of fused-ring (bicyclic) bond motifs is 8. The zero-order valence-corrected chi connectivity index (χ0v) is 31.5. The van der Waals surface area contributed by atoms with Gasteiger partial charge in [-0.3, -0.25) is 14.6 Å². The summed E-state index contributed by atoms with van der Waals surface area (Å²) in [5.41, 5.74) is 19.0. The number of allylic oxidation sites excluding steroid dienone is 2. The Morgan fingerprint density at radius 1 is 0.982 bits per heavy atom. The number of nitrogen functional groups attached to an aromatic ring is 1. The molecule has 2 bridgehead atoms. The Hall–Kier alpha value is -5.20. The van der Waals surface area contributed by atoms with Gasteiger partial charge < -0.3 is 15.8 Å². The number of aromatic amines is 1. The number of nitrogens with one attached hydrogen (secondary N) is 1.